The lowest BCUT2D eigenvalue weighted by Crippen LogP contribution is -2.54. The molecule has 178 valence electrons. The summed E-state index contributed by atoms with van der Waals surface area (Å²) in [4.78, 5) is 41.1. The summed E-state index contributed by atoms with van der Waals surface area (Å²) in [6.45, 7) is 7.94. The van der Waals surface area contributed by atoms with Gasteiger partial charge in [0, 0.05) is 18.0 Å². The number of fused-ring (bicyclic) bond motifs is 1. The highest BCUT2D eigenvalue weighted by Gasteiger charge is 2.43. The van der Waals surface area contributed by atoms with Gasteiger partial charge in [0.05, 0.1) is 30.4 Å². The lowest BCUT2D eigenvalue weighted by molar-refractivity contribution is -0.151. The molecule has 2 aliphatic rings. The van der Waals surface area contributed by atoms with Crippen LogP contribution in [0.5, 0.6) is 0 Å². The van der Waals surface area contributed by atoms with Crippen LogP contribution in [-0.2, 0) is 14.3 Å². The average Bonchev–Trinajstić information content (AvgIpc) is 3.51. The van der Waals surface area contributed by atoms with Gasteiger partial charge in [-0.15, -0.1) is 0 Å². The Bertz CT molecular complexity index is 1070. The molecule has 2 heterocycles. The normalized spacial score (nSPS) is 19.9. The van der Waals surface area contributed by atoms with Crippen LogP contribution in [0.3, 0.4) is 0 Å². The van der Waals surface area contributed by atoms with Crippen molar-refractivity contribution in [1.82, 2.24) is 19.6 Å². The fourth-order valence-electron chi connectivity index (χ4n) is 4.17. The summed E-state index contributed by atoms with van der Waals surface area (Å²) in [6.07, 6.45) is -0.757. The number of benzene rings is 1. The van der Waals surface area contributed by atoms with Crippen LogP contribution in [-0.4, -0.2) is 80.2 Å². The Hall–Kier alpha value is -3.14. The highest BCUT2D eigenvalue weighted by molar-refractivity contribution is 5.90. The van der Waals surface area contributed by atoms with E-state index in [1.54, 1.807) is 37.8 Å². The number of morpholine rings is 1. The van der Waals surface area contributed by atoms with Crippen LogP contribution in [0.15, 0.2) is 24.3 Å². The van der Waals surface area contributed by atoms with Gasteiger partial charge in [-0.2, -0.15) is 9.78 Å². The summed E-state index contributed by atoms with van der Waals surface area (Å²) in [7, 11) is 0. The summed E-state index contributed by atoms with van der Waals surface area (Å²) in [5, 5.41) is 14.6. The first-order valence-corrected chi connectivity index (χ1v) is 11.2. The number of carbonyl (C=O) groups excluding carboxylic acids is 2. The molecular formula is C23H30N4O6. The van der Waals surface area contributed by atoms with Crippen LogP contribution < -0.4 is 0 Å². The van der Waals surface area contributed by atoms with Crippen LogP contribution in [0.25, 0.3) is 10.9 Å². The van der Waals surface area contributed by atoms with Crippen molar-refractivity contribution < 1.29 is 29.0 Å². The molecule has 1 aliphatic heterocycles. The SMILES string of the molecule is CC(c1nn(C(=O)O)c2ccccc12)N(C(=O)[C@H]1CN(C(=O)OC(C)(C)C)CCO1)C1CC1. The van der Waals surface area contributed by atoms with E-state index in [0.29, 0.717) is 23.1 Å². The molecule has 1 unspecified atom stereocenters. The topological polar surface area (TPSA) is 114 Å². The number of hydrogen-bond acceptors (Lipinski definition) is 6. The number of carbonyl (C=O) groups is 3. The Morgan fingerprint density at radius 3 is 2.58 bits per heavy atom. The number of amides is 2. The maximum Gasteiger partial charge on any atom is 0.432 e. The van der Waals surface area contributed by atoms with E-state index in [-0.39, 0.29) is 25.1 Å². The van der Waals surface area contributed by atoms with Gasteiger partial charge in [0.15, 0.2) is 6.10 Å². The fourth-order valence-corrected chi connectivity index (χ4v) is 4.17. The quantitative estimate of drug-likeness (QED) is 0.748. The predicted molar refractivity (Wildman–Crippen MR) is 119 cm³/mol. The van der Waals surface area contributed by atoms with Gasteiger partial charge >= 0.3 is 12.2 Å². The summed E-state index contributed by atoms with van der Waals surface area (Å²) in [5.41, 5.74) is 0.362. The summed E-state index contributed by atoms with van der Waals surface area (Å²) < 4.78 is 12.2. The molecule has 2 aromatic rings. The van der Waals surface area contributed by atoms with Crippen molar-refractivity contribution in [3.05, 3.63) is 30.0 Å². The number of rotatable bonds is 4. The second kappa shape index (κ2) is 8.66. The minimum absolute atomic E-state index is 0.0294. The smallest absolute Gasteiger partial charge is 0.432 e. The Kier molecular flexibility index (Phi) is 6.04. The van der Waals surface area contributed by atoms with Gasteiger partial charge in [-0.25, -0.2) is 9.59 Å². The van der Waals surface area contributed by atoms with Gasteiger partial charge in [-0.3, -0.25) is 4.79 Å². The second-order valence-electron chi connectivity index (χ2n) is 9.54. The Balaban J connectivity index is 1.58. The maximum absolute atomic E-state index is 13.6. The largest absolute Gasteiger partial charge is 0.463 e. The zero-order valence-corrected chi connectivity index (χ0v) is 19.4. The molecular weight excluding hydrogens is 428 g/mol. The Morgan fingerprint density at radius 1 is 1.24 bits per heavy atom. The molecule has 4 rings (SSSR count). The van der Waals surface area contributed by atoms with E-state index < -0.39 is 29.9 Å². The first-order chi connectivity index (χ1) is 15.6. The van der Waals surface area contributed by atoms with Gasteiger partial charge in [-0.1, -0.05) is 18.2 Å². The monoisotopic (exact) mass is 458 g/mol. The van der Waals surface area contributed by atoms with Crippen molar-refractivity contribution >= 4 is 29.0 Å². The van der Waals surface area contributed by atoms with Crippen molar-refractivity contribution in [2.24, 2.45) is 0 Å². The van der Waals surface area contributed by atoms with Crippen molar-refractivity contribution in [3.63, 3.8) is 0 Å². The number of para-hydroxylation sites is 1. The first-order valence-electron chi connectivity index (χ1n) is 11.2. The van der Waals surface area contributed by atoms with Crippen LogP contribution in [0, 0.1) is 0 Å². The molecule has 0 bridgehead atoms. The molecule has 1 aliphatic carbocycles. The third kappa shape index (κ3) is 4.80. The third-order valence-electron chi connectivity index (χ3n) is 5.80. The molecule has 1 saturated carbocycles. The minimum Gasteiger partial charge on any atom is -0.463 e. The molecule has 2 atom stereocenters. The zero-order valence-electron chi connectivity index (χ0n) is 19.4. The molecule has 0 spiro atoms. The van der Waals surface area contributed by atoms with E-state index in [1.807, 2.05) is 19.1 Å². The molecule has 2 fully saturated rings. The van der Waals surface area contributed by atoms with E-state index in [4.69, 9.17) is 9.47 Å². The summed E-state index contributed by atoms with van der Waals surface area (Å²) in [6, 6.07) is 6.64. The molecule has 10 nitrogen and oxygen atoms in total. The average molecular weight is 459 g/mol. The van der Waals surface area contributed by atoms with Gasteiger partial charge < -0.3 is 24.4 Å². The van der Waals surface area contributed by atoms with Crippen molar-refractivity contribution in [2.45, 2.75) is 64.3 Å². The van der Waals surface area contributed by atoms with Crippen LogP contribution in [0.4, 0.5) is 9.59 Å². The number of aromatic nitrogens is 2. The molecule has 0 radical (unpaired) electrons. The highest BCUT2D eigenvalue weighted by Crippen LogP contribution is 2.37. The Morgan fingerprint density at radius 2 is 1.94 bits per heavy atom. The van der Waals surface area contributed by atoms with Gasteiger partial charge in [-0.05, 0) is 46.6 Å². The molecule has 1 N–H and O–H groups in total. The number of nitrogens with zero attached hydrogens (tertiary/aromatic N) is 4. The fraction of sp³-hybridized carbons (Fsp3) is 0.565. The van der Waals surface area contributed by atoms with Crippen molar-refractivity contribution in [3.8, 4) is 0 Å². The standard InChI is InChI=1S/C23H30N4O6/c1-14(19-16-7-5-6-8-17(16)27(24-19)21(29)30)26(15-9-10-15)20(28)18-13-25(11-12-32-18)22(31)33-23(2,3)4/h5-8,14-15,18H,9-13H2,1-4H3,(H,29,30)/t14?,18-/m1/s1. The second-order valence-corrected chi connectivity index (χ2v) is 9.54. The lowest BCUT2D eigenvalue weighted by Gasteiger charge is -2.37. The minimum atomic E-state index is -1.18. The number of hydrogen-bond donors (Lipinski definition) is 1. The molecule has 1 aromatic carbocycles. The van der Waals surface area contributed by atoms with Crippen molar-refractivity contribution in [2.75, 3.05) is 19.7 Å². The summed E-state index contributed by atoms with van der Waals surface area (Å²) in [5.74, 6) is -0.229. The molecule has 2 amide bonds. The van der Waals surface area contributed by atoms with E-state index in [1.165, 1.54) is 4.90 Å². The van der Waals surface area contributed by atoms with E-state index in [0.717, 1.165) is 17.5 Å². The third-order valence-corrected chi connectivity index (χ3v) is 5.80. The van der Waals surface area contributed by atoms with Crippen molar-refractivity contribution in [1.29, 1.82) is 0 Å². The van der Waals surface area contributed by atoms with E-state index >= 15 is 0 Å². The van der Waals surface area contributed by atoms with Crippen LogP contribution >= 0.6 is 0 Å². The molecule has 10 heteroatoms. The number of ether oxygens (including phenoxy) is 2. The maximum atomic E-state index is 13.6. The molecule has 33 heavy (non-hydrogen) atoms. The highest BCUT2D eigenvalue weighted by atomic mass is 16.6. The van der Waals surface area contributed by atoms with E-state index in [2.05, 4.69) is 5.10 Å². The van der Waals surface area contributed by atoms with Gasteiger partial charge in [0.1, 0.15) is 5.60 Å². The lowest BCUT2D eigenvalue weighted by atomic mass is 10.1. The van der Waals surface area contributed by atoms with E-state index in [9.17, 15) is 19.5 Å². The summed E-state index contributed by atoms with van der Waals surface area (Å²) >= 11 is 0. The zero-order chi connectivity index (χ0) is 23.9. The van der Waals surface area contributed by atoms with Crippen LogP contribution in [0.1, 0.15) is 52.3 Å². The molecule has 1 saturated heterocycles. The van der Waals surface area contributed by atoms with Crippen LogP contribution in [0.2, 0.25) is 0 Å². The van der Waals surface area contributed by atoms with Gasteiger partial charge in [0.2, 0.25) is 0 Å². The first kappa shape index (κ1) is 23.0. The number of carboxylic acid groups (broad SMARTS) is 1. The predicted octanol–water partition coefficient (Wildman–Crippen LogP) is 3.25. The van der Waals surface area contributed by atoms with Gasteiger partial charge in [0.25, 0.3) is 5.91 Å². The molecule has 1 aromatic heterocycles. The Labute approximate surface area is 192 Å².